The maximum Gasteiger partial charge on any atom is 0.250 e. The van der Waals surface area contributed by atoms with Gasteiger partial charge in [-0.25, -0.2) is 8.78 Å². The van der Waals surface area contributed by atoms with Crippen molar-refractivity contribution in [3.8, 4) is 0 Å². The number of nitrogens with zero attached hydrogens (tertiary/aromatic N) is 1. The molecule has 0 radical (unpaired) electrons. The van der Waals surface area contributed by atoms with Crippen molar-refractivity contribution in [2.24, 2.45) is 0 Å². The molecular weight excluding hydrogens is 224 g/mol. The summed E-state index contributed by atoms with van der Waals surface area (Å²) in [6, 6.07) is 8.66. The van der Waals surface area contributed by atoms with Crippen LogP contribution in [0, 0.1) is 11.6 Å². The van der Waals surface area contributed by atoms with E-state index in [-0.39, 0.29) is 5.56 Å². The van der Waals surface area contributed by atoms with Gasteiger partial charge < -0.3 is 4.57 Å². The molecule has 0 aliphatic carbocycles. The van der Waals surface area contributed by atoms with E-state index in [1.54, 1.807) is 18.3 Å². The van der Waals surface area contributed by atoms with E-state index in [2.05, 4.69) is 0 Å². The Morgan fingerprint density at radius 2 is 1.88 bits per heavy atom. The molecular formula is C13H11F2NO. The Balaban J connectivity index is 2.10. The average molecular weight is 235 g/mol. The summed E-state index contributed by atoms with van der Waals surface area (Å²) in [6.07, 6.45) is 2.16. The van der Waals surface area contributed by atoms with Crippen molar-refractivity contribution in [2.75, 3.05) is 0 Å². The van der Waals surface area contributed by atoms with Crippen LogP contribution >= 0.6 is 0 Å². The number of rotatable bonds is 3. The summed E-state index contributed by atoms with van der Waals surface area (Å²) in [4.78, 5) is 11.4. The number of halogens is 2. The van der Waals surface area contributed by atoms with Crippen molar-refractivity contribution >= 4 is 0 Å². The van der Waals surface area contributed by atoms with Gasteiger partial charge in [0.1, 0.15) is 0 Å². The lowest BCUT2D eigenvalue weighted by Gasteiger charge is -2.05. The van der Waals surface area contributed by atoms with Crippen molar-refractivity contribution in [3.05, 3.63) is 70.1 Å². The van der Waals surface area contributed by atoms with Crippen molar-refractivity contribution < 1.29 is 8.78 Å². The molecule has 2 nitrogen and oxygen atoms in total. The van der Waals surface area contributed by atoms with Gasteiger partial charge in [-0.1, -0.05) is 12.1 Å². The molecule has 0 spiro atoms. The Labute approximate surface area is 97.1 Å². The number of hydrogen-bond acceptors (Lipinski definition) is 1. The monoisotopic (exact) mass is 235 g/mol. The maximum absolute atomic E-state index is 12.9. The lowest BCUT2D eigenvalue weighted by atomic mass is 10.1. The van der Waals surface area contributed by atoms with E-state index in [9.17, 15) is 13.6 Å². The lowest BCUT2D eigenvalue weighted by Crippen LogP contribution is -2.18. The molecule has 0 N–H and O–H groups in total. The average Bonchev–Trinajstić information content (AvgIpc) is 2.32. The second kappa shape index (κ2) is 4.91. The second-order valence-electron chi connectivity index (χ2n) is 3.73. The summed E-state index contributed by atoms with van der Waals surface area (Å²) in [7, 11) is 0. The largest absolute Gasteiger partial charge is 0.315 e. The number of hydrogen-bond donors (Lipinski definition) is 0. The zero-order valence-electron chi connectivity index (χ0n) is 9.07. The molecule has 0 amide bonds. The van der Waals surface area contributed by atoms with Gasteiger partial charge in [-0.05, 0) is 30.2 Å². The summed E-state index contributed by atoms with van der Waals surface area (Å²) in [6.45, 7) is 0.449. The van der Waals surface area contributed by atoms with Gasteiger partial charge >= 0.3 is 0 Å². The lowest BCUT2D eigenvalue weighted by molar-refractivity contribution is 0.506. The van der Waals surface area contributed by atoms with E-state index >= 15 is 0 Å². The first-order valence-corrected chi connectivity index (χ1v) is 5.26. The fraction of sp³-hybridized carbons (Fsp3) is 0.154. The van der Waals surface area contributed by atoms with Gasteiger partial charge in [0.05, 0.1) is 0 Å². The van der Waals surface area contributed by atoms with Crippen LogP contribution in [-0.2, 0) is 13.0 Å². The molecule has 2 rings (SSSR count). The van der Waals surface area contributed by atoms with Crippen LogP contribution < -0.4 is 5.56 Å². The van der Waals surface area contributed by atoms with Crippen molar-refractivity contribution in [2.45, 2.75) is 13.0 Å². The predicted molar refractivity (Wildman–Crippen MR) is 60.8 cm³/mol. The third kappa shape index (κ3) is 2.78. The first-order valence-electron chi connectivity index (χ1n) is 5.26. The standard InChI is InChI=1S/C13H11F2NO/c14-11-5-4-10(9-12(11)15)6-8-16-7-2-1-3-13(16)17/h1-5,7,9H,6,8H2. The zero-order valence-corrected chi connectivity index (χ0v) is 9.07. The number of pyridine rings is 1. The first kappa shape index (κ1) is 11.5. The molecule has 1 heterocycles. The molecule has 1 aromatic carbocycles. The van der Waals surface area contributed by atoms with Crippen LogP contribution in [-0.4, -0.2) is 4.57 Å². The molecule has 4 heteroatoms. The molecule has 1 aromatic heterocycles. The smallest absolute Gasteiger partial charge is 0.250 e. The Bertz CT molecular complexity index is 578. The van der Waals surface area contributed by atoms with Crippen molar-refractivity contribution in [1.29, 1.82) is 0 Å². The minimum Gasteiger partial charge on any atom is -0.315 e. The third-order valence-corrected chi connectivity index (χ3v) is 2.52. The predicted octanol–water partition coefficient (Wildman–Crippen LogP) is 2.37. The van der Waals surface area contributed by atoms with Crippen LogP contribution in [0.5, 0.6) is 0 Å². The minimum absolute atomic E-state index is 0.102. The van der Waals surface area contributed by atoms with Gasteiger partial charge in [0.25, 0.3) is 5.56 Å². The normalized spacial score (nSPS) is 10.5. The maximum atomic E-state index is 12.9. The van der Waals surface area contributed by atoms with Crippen molar-refractivity contribution in [3.63, 3.8) is 0 Å². The summed E-state index contributed by atoms with van der Waals surface area (Å²) < 4.78 is 27.2. The Hall–Kier alpha value is -1.97. The van der Waals surface area contributed by atoms with E-state index in [1.165, 1.54) is 16.7 Å². The Morgan fingerprint density at radius 1 is 1.06 bits per heavy atom. The molecule has 88 valence electrons. The highest BCUT2D eigenvalue weighted by atomic mass is 19.2. The second-order valence-corrected chi connectivity index (χ2v) is 3.73. The quantitative estimate of drug-likeness (QED) is 0.800. The molecule has 0 fully saturated rings. The van der Waals surface area contributed by atoms with Gasteiger partial charge in [0.15, 0.2) is 11.6 Å². The summed E-state index contributed by atoms with van der Waals surface area (Å²) in [5, 5.41) is 0. The molecule has 0 saturated heterocycles. The van der Waals surface area contributed by atoms with Crippen LogP contribution in [0.2, 0.25) is 0 Å². The first-order chi connectivity index (χ1) is 8.16. The number of aryl methyl sites for hydroxylation is 2. The molecule has 0 atom stereocenters. The highest BCUT2D eigenvalue weighted by Gasteiger charge is 2.02. The van der Waals surface area contributed by atoms with E-state index in [4.69, 9.17) is 0 Å². The highest BCUT2D eigenvalue weighted by molar-refractivity contribution is 5.17. The molecule has 17 heavy (non-hydrogen) atoms. The zero-order chi connectivity index (χ0) is 12.3. The van der Waals surface area contributed by atoms with Crippen LogP contribution in [0.15, 0.2) is 47.4 Å². The summed E-state index contributed by atoms with van der Waals surface area (Å²) >= 11 is 0. The van der Waals surface area contributed by atoms with Gasteiger partial charge in [0, 0.05) is 18.8 Å². The van der Waals surface area contributed by atoms with Crippen molar-refractivity contribution in [1.82, 2.24) is 4.57 Å². The topological polar surface area (TPSA) is 22.0 Å². The SMILES string of the molecule is O=c1ccccn1CCc1ccc(F)c(F)c1. The number of aromatic nitrogens is 1. The van der Waals surface area contributed by atoms with E-state index < -0.39 is 11.6 Å². The van der Waals surface area contributed by atoms with E-state index in [1.807, 2.05) is 0 Å². The molecule has 0 aliphatic heterocycles. The molecule has 0 aliphatic rings. The Morgan fingerprint density at radius 3 is 2.59 bits per heavy atom. The van der Waals surface area contributed by atoms with Crippen LogP contribution in [0.3, 0.4) is 0 Å². The molecule has 0 unspecified atom stereocenters. The van der Waals surface area contributed by atoms with E-state index in [0.717, 1.165) is 12.1 Å². The Kier molecular flexibility index (Phi) is 3.32. The van der Waals surface area contributed by atoms with E-state index in [0.29, 0.717) is 18.5 Å². The third-order valence-electron chi connectivity index (χ3n) is 2.52. The van der Waals surface area contributed by atoms with Gasteiger partial charge in [-0.2, -0.15) is 0 Å². The van der Waals surface area contributed by atoms with Crippen LogP contribution in [0.25, 0.3) is 0 Å². The van der Waals surface area contributed by atoms with Gasteiger partial charge in [0.2, 0.25) is 0 Å². The minimum atomic E-state index is -0.858. The summed E-state index contributed by atoms with van der Waals surface area (Å²) in [5.41, 5.74) is 0.565. The number of benzene rings is 1. The molecule has 0 saturated carbocycles. The highest BCUT2D eigenvalue weighted by Crippen LogP contribution is 2.09. The summed E-state index contributed by atoms with van der Waals surface area (Å²) in [5.74, 6) is -1.71. The van der Waals surface area contributed by atoms with Crippen LogP contribution in [0.4, 0.5) is 8.78 Å². The van der Waals surface area contributed by atoms with Gasteiger partial charge in [-0.3, -0.25) is 4.79 Å². The van der Waals surface area contributed by atoms with Gasteiger partial charge in [-0.15, -0.1) is 0 Å². The fourth-order valence-corrected chi connectivity index (χ4v) is 1.59. The molecule has 0 bridgehead atoms. The molecule has 2 aromatic rings. The fourth-order valence-electron chi connectivity index (χ4n) is 1.59. The van der Waals surface area contributed by atoms with Crippen LogP contribution in [0.1, 0.15) is 5.56 Å².